The van der Waals surface area contributed by atoms with E-state index in [1.54, 1.807) is 0 Å². The van der Waals surface area contributed by atoms with E-state index in [-0.39, 0.29) is 11.4 Å². The van der Waals surface area contributed by atoms with Gasteiger partial charge in [-0.05, 0) is 12.8 Å². The standard InChI is InChI=1S/C8H14BO2/c1-3-5-7(10)9-8(11)6-4-2/h3-6H2,1-2H3. The zero-order chi connectivity index (χ0) is 8.69. The molecule has 11 heavy (non-hydrogen) atoms. The third kappa shape index (κ3) is 5.83. The van der Waals surface area contributed by atoms with Crippen molar-refractivity contribution in [3.63, 3.8) is 0 Å². The second-order valence-electron chi connectivity index (χ2n) is 2.58. The zero-order valence-corrected chi connectivity index (χ0v) is 7.22. The fourth-order valence-corrected chi connectivity index (χ4v) is 0.817. The average Bonchev–Trinajstić information content (AvgIpc) is 1.87. The Balaban J connectivity index is 3.49. The maximum absolute atomic E-state index is 10.9. The molecule has 0 saturated carbocycles. The van der Waals surface area contributed by atoms with Crippen LogP contribution >= 0.6 is 0 Å². The van der Waals surface area contributed by atoms with Gasteiger partial charge in [0.2, 0.25) is 0 Å². The third-order valence-electron chi connectivity index (χ3n) is 1.31. The molecule has 0 aromatic heterocycles. The van der Waals surface area contributed by atoms with Gasteiger partial charge >= 0.3 is 0 Å². The summed E-state index contributed by atoms with van der Waals surface area (Å²) in [6, 6.07) is 0. The van der Waals surface area contributed by atoms with Crippen molar-refractivity contribution in [2.24, 2.45) is 0 Å². The first-order chi connectivity index (χ1) is 5.20. The molecule has 2 nitrogen and oxygen atoms in total. The number of hydrogen-bond acceptors (Lipinski definition) is 2. The van der Waals surface area contributed by atoms with E-state index < -0.39 is 0 Å². The highest BCUT2D eigenvalue weighted by Gasteiger charge is 2.09. The van der Waals surface area contributed by atoms with Crippen molar-refractivity contribution in [3.05, 3.63) is 0 Å². The topological polar surface area (TPSA) is 34.1 Å². The van der Waals surface area contributed by atoms with Gasteiger partial charge in [0.25, 0.3) is 7.28 Å². The first-order valence-corrected chi connectivity index (χ1v) is 4.11. The molecule has 0 aliphatic carbocycles. The van der Waals surface area contributed by atoms with E-state index in [1.807, 2.05) is 13.8 Å². The second kappa shape index (κ2) is 6.14. The van der Waals surface area contributed by atoms with E-state index in [4.69, 9.17) is 0 Å². The van der Waals surface area contributed by atoms with Crippen LogP contribution in [0.3, 0.4) is 0 Å². The summed E-state index contributed by atoms with van der Waals surface area (Å²) >= 11 is 0. The van der Waals surface area contributed by atoms with Crippen LogP contribution in [-0.4, -0.2) is 18.6 Å². The average molecular weight is 153 g/mol. The molecule has 0 spiro atoms. The van der Waals surface area contributed by atoms with Crippen LogP contribution in [0.15, 0.2) is 0 Å². The number of carbonyl (C=O) groups excluding carboxylic acids is 2. The molecule has 1 radical (unpaired) electrons. The molecule has 0 unspecified atom stereocenters. The summed E-state index contributed by atoms with van der Waals surface area (Å²) < 4.78 is 0. The first-order valence-electron chi connectivity index (χ1n) is 4.11. The monoisotopic (exact) mass is 153 g/mol. The summed E-state index contributed by atoms with van der Waals surface area (Å²) in [5.74, 6) is 0. The highest BCUT2D eigenvalue weighted by atomic mass is 16.1. The Morgan fingerprint density at radius 1 is 1.00 bits per heavy atom. The van der Waals surface area contributed by atoms with Gasteiger partial charge in [0, 0.05) is 0 Å². The predicted octanol–water partition coefficient (Wildman–Crippen LogP) is 1.34. The summed E-state index contributed by atoms with van der Waals surface area (Å²) in [6.45, 7) is 3.85. The lowest BCUT2D eigenvalue weighted by molar-refractivity contribution is -0.115. The van der Waals surface area contributed by atoms with Gasteiger partial charge in [-0.25, -0.2) is 0 Å². The van der Waals surface area contributed by atoms with Crippen LogP contribution in [-0.2, 0) is 9.59 Å². The summed E-state index contributed by atoms with van der Waals surface area (Å²) in [5, 5.41) is 0. The molecule has 0 heterocycles. The normalized spacial score (nSPS) is 9.27. The van der Waals surface area contributed by atoms with E-state index in [0.29, 0.717) is 12.8 Å². The quantitative estimate of drug-likeness (QED) is 0.539. The molecule has 0 aliphatic rings. The van der Waals surface area contributed by atoms with Crippen molar-refractivity contribution < 1.29 is 9.59 Å². The van der Waals surface area contributed by atoms with Crippen LogP contribution in [0.5, 0.6) is 0 Å². The molecule has 0 fully saturated rings. The van der Waals surface area contributed by atoms with Crippen molar-refractivity contribution >= 4 is 18.6 Å². The van der Waals surface area contributed by atoms with E-state index in [0.717, 1.165) is 12.8 Å². The van der Waals surface area contributed by atoms with Gasteiger partial charge in [0.15, 0.2) is 0 Å². The Morgan fingerprint density at radius 3 is 1.64 bits per heavy atom. The van der Waals surface area contributed by atoms with Crippen LogP contribution in [0, 0.1) is 0 Å². The van der Waals surface area contributed by atoms with Crippen LogP contribution in [0.25, 0.3) is 0 Å². The summed E-state index contributed by atoms with van der Waals surface area (Å²) in [7, 11) is 1.23. The largest absolute Gasteiger partial charge is 0.311 e. The van der Waals surface area contributed by atoms with E-state index in [9.17, 15) is 9.59 Å². The molecule has 0 amide bonds. The lowest BCUT2D eigenvalue weighted by atomic mass is 9.66. The van der Waals surface area contributed by atoms with Gasteiger partial charge < -0.3 is 9.59 Å². The molecular weight excluding hydrogens is 139 g/mol. The fourth-order valence-electron chi connectivity index (χ4n) is 0.817. The van der Waals surface area contributed by atoms with Crippen molar-refractivity contribution in [2.45, 2.75) is 39.5 Å². The molecule has 0 aliphatic heterocycles. The minimum atomic E-state index is -0.0362. The Kier molecular flexibility index (Phi) is 5.80. The number of carbonyl (C=O) groups is 2. The smallest absolute Gasteiger partial charge is 0.290 e. The number of rotatable bonds is 6. The van der Waals surface area contributed by atoms with Gasteiger partial charge in [-0.3, -0.25) is 0 Å². The molecule has 0 atom stereocenters. The van der Waals surface area contributed by atoms with Crippen molar-refractivity contribution in [2.75, 3.05) is 0 Å². The summed E-state index contributed by atoms with van der Waals surface area (Å²) in [6.07, 6.45) is 2.62. The molecule has 3 heteroatoms. The van der Waals surface area contributed by atoms with E-state index in [1.165, 1.54) is 7.28 Å². The van der Waals surface area contributed by atoms with Crippen LogP contribution in [0.4, 0.5) is 0 Å². The second-order valence-corrected chi connectivity index (χ2v) is 2.58. The Morgan fingerprint density at radius 2 is 1.36 bits per heavy atom. The van der Waals surface area contributed by atoms with Crippen molar-refractivity contribution in [3.8, 4) is 0 Å². The maximum atomic E-state index is 10.9. The van der Waals surface area contributed by atoms with Crippen LogP contribution < -0.4 is 0 Å². The third-order valence-corrected chi connectivity index (χ3v) is 1.31. The maximum Gasteiger partial charge on any atom is 0.290 e. The van der Waals surface area contributed by atoms with Crippen LogP contribution in [0.2, 0.25) is 0 Å². The number of hydrogen-bond donors (Lipinski definition) is 0. The minimum absolute atomic E-state index is 0.0362. The zero-order valence-electron chi connectivity index (χ0n) is 7.22. The molecular formula is C8H14BO2. The Hall–Kier alpha value is -0.595. The first kappa shape index (κ1) is 10.4. The van der Waals surface area contributed by atoms with Gasteiger partial charge in [0.1, 0.15) is 0 Å². The van der Waals surface area contributed by atoms with Gasteiger partial charge in [0.05, 0.1) is 11.4 Å². The van der Waals surface area contributed by atoms with Gasteiger partial charge in [-0.1, -0.05) is 26.7 Å². The highest BCUT2D eigenvalue weighted by Crippen LogP contribution is 1.92. The SMILES string of the molecule is CCCC(=O)[B]C(=O)CCC. The van der Waals surface area contributed by atoms with Crippen molar-refractivity contribution in [1.29, 1.82) is 0 Å². The highest BCUT2D eigenvalue weighted by molar-refractivity contribution is 6.97. The van der Waals surface area contributed by atoms with E-state index >= 15 is 0 Å². The molecule has 0 saturated heterocycles. The minimum Gasteiger partial charge on any atom is -0.311 e. The van der Waals surface area contributed by atoms with Gasteiger partial charge in [-0.15, -0.1) is 0 Å². The summed E-state index contributed by atoms with van der Waals surface area (Å²) in [5.41, 5.74) is -0.0723. The lowest BCUT2D eigenvalue weighted by Gasteiger charge is -1.94. The van der Waals surface area contributed by atoms with Crippen molar-refractivity contribution in [1.82, 2.24) is 0 Å². The van der Waals surface area contributed by atoms with Gasteiger partial charge in [-0.2, -0.15) is 0 Å². The molecule has 0 aromatic carbocycles. The molecule has 0 bridgehead atoms. The predicted molar refractivity (Wildman–Crippen MR) is 45.6 cm³/mol. The van der Waals surface area contributed by atoms with Crippen LogP contribution in [0.1, 0.15) is 39.5 Å². The molecule has 0 rings (SSSR count). The molecule has 0 N–H and O–H groups in total. The summed E-state index contributed by atoms with van der Waals surface area (Å²) in [4.78, 5) is 21.7. The molecule has 61 valence electrons. The van der Waals surface area contributed by atoms with E-state index in [2.05, 4.69) is 0 Å². The Bertz CT molecular complexity index is 127. The Labute approximate surface area is 68.6 Å². The lowest BCUT2D eigenvalue weighted by Crippen LogP contribution is -2.19. The molecule has 0 aromatic rings. The fraction of sp³-hybridized carbons (Fsp3) is 0.750.